The molecule has 0 aliphatic rings. The third-order valence-electron chi connectivity index (χ3n) is 1.52. The Morgan fingerprint density at radius 3 is 3.08 bits per heavy atom. The molecule has 0 N–H and O–H groups in total. The Bertz CT molecular complexity index is 354. The fraction of sp³-hybridized carbons (Fsp3) is 0.200. The molecule has 3 heteroatoms. The minimum absolute atomic E-state index is 0.127. The van der Waals surface area contributed by atoms with Crippen molar-refractivity contribution in [1.29, 1.82) is 0 Å². The predicted octanol–water partition coefficient (Wildman–Crippen LogP) is 1.82. The number of nitrogens with zero attached hydrogens (tertiary/aromatic N) is 1. The van der Waals surface area contributed by atoms with E-state index in [4.69, 9.17) is 6.42 Å². The highest BCUT2D eigenvalue weighted by atomic mass is 19.1. The first-order valence-electron chi connectivity index (χ1n) is 3.83. The van der Waals surface area contributed by atoms with Gasteiger partial charge in [-0.3, -0.25) is 9.78 Å². The highest BCUT2D eigenvalue weighted by molar-refractivity contribution is 5.94. The molecule has 0 spiro atoms. The van der Waals surface area contributed by atoms with Gasteiger partial charge in [0.1, 0.15) is 5.69 Å². The molecule has 1 heterocycles. The normalized spacial score (nSPS) is 9.23. The number of carbonyl (C=O) groups excluding carboxylic acids is 1. The van der Waals surface area contributed by atoms with Crippen LogP contribution in [0.1, 0.15) is 23.3 Å². The fourth-order valence-electron chi connectivity index (χ4n) is 0.895. The molecule has 0 fully saturated rings. The molecule has 0 unspecified atom stereocenters. The summed E-state index contributed by atoms with van der Waals surface area (Å²) < 4.78 is 12.9. The van der Waals surface area contributed by atoms with E-state index in [0.29, 0.717) is 6.42 Å². The highest BCUT2D eigenvalue weighted by Gasteiger charge is 2.10. The van der Waals surface area contributed by atoms with Gasteiger partial charge in [-0.15, -0.1) is 12.3 Å². The summed E-state index contributed by atoms with van der Waals surface area (Å²) in [6.45, 7) is 0. The summed E-state index contributed by atoms with van der Waals surface area (Å²) in [5, 5.41) is 0. The lowest BCUT2D eigenvalue weighted by molar-refractivity contribution is 0.0975. The van der Waals surface area contributed by atoms with Gasteiger partial charge in [0.05, 0.1) is 0 Å². The summed E-state index contributed by atoms with van der Waals surface area (Å²) in [6, 6.07) is 2.64. The number of terminal acetylenes is 1. The lowest BCUT2D eigenvalue weighted by Gasteiger charge is -1.97. The van der Waals surface area contributed by atoms with Gasteiger partial charge in [-0.05, 0) is 12.1 Å². The van der Waals surface area contributed by atoms with Crippen molar-refractivity contribution in [2.45, 2.75) is 12.8 Å². The van der Waals surface area contributed by atoms with Gasteiger partial charge in [-0.1, -0.05) is 0 Å². The Hall–Kier alpha value is -1.69. The highest BCUT2D eigenvalue weighted by Crippen LogP contribution is 2.06. The van der Waals surface area contributed by atoms with Crippen LogP contribution < -0.4 is 0 Å². The average molecular weight is 177 g/mol. The van der Waals surface area contributed by atoms with E-state index in [1.165, 1.54) is 18.3 Å². The molecule has 13 heavy (non-hydrogen) atoms. The third-order valence-corrected chi connectivity index (χ3v) is 1.52. The Balaban J connectivity index is 2.78. The summed E-state index contributed by atoms with van der Waals surface area (Å²) in [7, 11) is 0. The summed E-state index contributed by atoms with van der Waals surface area (Å²) in [5.74, 6) is 1.37. The molecule has 1 aromatic heterocycles. The van der Waals surface area contributed by atoms with Crippen molar-refractivity contribution >= 4 is 5.78 Å². The second kappa shape index (κ2) is 4.36. The van der Waals surface area contributed by atoms with Gasteiger partial charge >= 0.3 is 0 Å². The van der Waals surface area contributed by atoms with Gasteiger partial charge in [-0.25, -0.2) is 4.39 Å². The molecule has 0 aliphatic carbocycles. The Labute approximate surface area is 75.8 Å². The number of rotatable bonds is 3. The molecular formula is C10H8FNO. The predicted molar refractivity (Wildman–Crippen MR) is 46.6 cm³/mol. The van der Waals surface area contributed by atoms with Crippen LogP contribution in [0.25, 0.3) is 0 Å². The quantitative estimate of drug-likeness (QED) is 0.520. The molecule has 0 amide bonds. The molecule has 0 bridgehead atoms. The van der Waals surface area contributed by atoms with Crippen LogP contribution in [0.3, 0.4) is 0 Å². The molecule has 1 aromatic rings. The smallest absolute Gasteiger partial charge is 0.185 e. The van der Waals surface area contributed by atoms with E-state index in [1.54, 1.807) is 0 Å². The summed E-state index contributed by atoms with van der Waals surface area (Å²) >= 11 is 0. The number of hydrogen-bond acceptors (Lipinski definition) is 2. The second-order valence-electron chi connectivity index (χ2n) is 2.46. The molecule has 0 atom stereocenters. The topological polar surface area (TPSA) is 30.0 Å². The van der Waals surface area contributed by atoms with E-state index >= 15 is 0 Å². The number of hydrogen-bond donors (Lipinski definition) is 0. The van der Waals surface area contributed by atoms with Gasteiger partial charge < -0.3 is 0 Å². The number of ketones is 1. The van der Waals surface area contributed by atoms with E-state index < -0.39 is 5.82 Å². The number of pyridine rings is 1. The monoisotopic (exact) mass is 177 g/mol. The molecule has 0 aromatic carbocycles. The number of aromatic nitrogens is 1. The van der Waals surface area contributed by atoms with Crippen molar-refractivity contribution in [2.24, 2.45) is 0 Å². The zero-order chi connectivity index (χ0) is 9.68. The van der Waals surface area contributed by atoms with Crippen molar-refractivity contribution in [3.05, 3.63) is 29.8 Å². The van der Waals surface area contributed by atoms with Crippen molar-refractivity contribution in [2.75, 3.05) is 0 Å². The van der Waals surface area contributed by atoms with E-state index in [0.717, 1.165) is 0 Å². The van der Waals surface area contributed by atoms with Gasteiger partial charge in [-0.2, -0.15) is 0 Å². The Morgan fingerprint density at radius 1 is 1.69 bits per heavy atom. The first-order valence-corrected chi connectivity index (χ1v) is 3.83. The molecule has 1 rings (SSSR count). The van der Waals surface area contributed by atoms with Crippen molar-refractivity contribution in [3.8, 4) is 12.3 Å². The molecule has 0 aliphatic heterocycles. The number of halogens is 1. The zero-order valence-corrected chi connectivity index (χ0v) is 6.96. The number of carbonyl (C=O) groups is 1. The van der Waals surface area contributed by atoms with Gasteiger partial charge in [0.25, 0.3) is 0 Å². The van der Waals surface area contributed by atoms with Crippen LogP contribution in [0.15, 0.2) is 18.3 Å². The van der Waals surface area contributed by atoms with Crippen LogP contribution in [0.2, 0.25) is 0 Å². The second-order valence-corrected chi connectivity index (χ2v) is 2.46. The molecular weight excluding hydrogens is 169 g/mol. The van der Waals surface area contributed by atoms with Crippen LogP contribution in [0.5, 0.6) is 0 Å². The van der Waals surface area contributed by atoms with E-state index in [-0.39, 0.29) is 17.9 Å². The summed E-state index contributed by atoms with van der Waals surface area (Å²) in [5.41, 5.74) is -0.127. The third kappa shape index (κ3) is 2.38. The maximum absolute atomic E-state index is 12.9. The van der Waals surface area contributed by atoms with E-state index in [9.17, 15) is 9.18 Å². The minimum Gasteiger partial charge on any atom is -0.292 e. The van der Waals surface area contributed by atoms with Gasteiger partial charge in [0.2, 0.25) is 0 Å². The Kier molecular flexibility index (Phi) is 3.15. The zero-order valence-electron chi connectivity index (χ0n) is 6.96. The lowest BCUT2D eigenvalue weighted by atomic mass is 10.1. The van der Waals surface area contributed by atoms with E-state index in [1.807, 2.05) is 0 Å². The molecule has 2 nitrogen and oxygen atoms in total. The molecule has 0 saturated carbocycles. The average Bonchev–Trinajstić information content (AvgIpc) is 2.15. The van der Waals surface area contributed by atoms with E-state index in [2.05, 4.69) is 10.9 Å². The van der Waals surface area contributed by atoms with Gasteiger partial charge in [0.15, 0.2) is 11.6 Å². The summed E-state index contributed by atoms with van der Waals surface area (Å²) in [4.78, 5) is 14.9. The Morgan fingerprint density at radius 2 is 2.46 bits per heavy atom. The molecule has 0 radical (unpaired) electrons. The summed E-state index contributed by atoms with van der Waals surface area (Å²) in [6.07, 6.45) is 6.82. The first-order chi connectivity index (χ1) is 6.25. The van der Waals surface area contributed by atoms with Crippen LogP contribution in [-0.4, -0.2) is 10.8 Å². The standard InChI is InChI=1S/C10H8FNO/c1-2-3-6-9(13)10-8(11)5-4-7-12-10/h1,4-5,7H,3,6H2. The number of Topliss-reactive ketones (excluding diaryl/α,β-unsaturated/α-hetero) is 1. The van der Waals surface area contributed by atoms with Crippen LogP contribution in [-0.2, 0) is 0 Å². The van der Waals surface area contributed by atoms with Crippen molar-refractivity contribution in [3.63, 3.8) is 0 Å². The minimum atomic E-state index is -0.593. The van der Waals surface area contributed by atoms with Crippen LogP contribution in [0.4, 0.5) is 4.39 Å². The maximum Gasteiger partial charge on any atom is 0.185 e. The van der Waals surface area contributed by atoms with Crippen LogP contribution >= 0.6 is 0 Å². The maximum atomic E-state index is 12.9. The molecule has 66 valence electrons. The first kappa shape index (κ1) is 9.40. The molecule has 0 saturated heterocycles. The van der Waals surface area contributed by atoms with Gasteiger partial charge in [0, 0.05) is 19.0 Å². The lowest BCUT2D eigenvalue weighted by Crippen LogP contribution is -2.04. The largest absolute Gasteiger partial charge is 0.292 e. The SMILES string of the molecule is C#CCCC(=O)c1ncccc1F. The van der Waals surface area contributed by atoms with Crippen molar-refractivity contribution < 1.29 is 9.18 Å². The van der Waals surface area contributed by atoms with Crippen molar-refractivity contribution in [1.82, 2.24) is 4.98 Å². The fourth-order valence-corrected chi connectivity index (χ4v) is 0.895. The van der Waals surface area contributed by atoms with Crippen LogP contribution in [0, 0.1) is 18.2 Å².